The molecule has 8 heteroatoms. The molecule has 0 bridgehead atoms. The summed E-state index contributed by atoms with van der Waals surface area (Å²) in [6.45, 7) is 1.32. The third kappa shape index (κ3) is 4.60. The van der Waals surface area contributed by atoms with Crippen molar-refractivity contribution in [2.45, 2.75) is 6.92 Å². The van der Waals surface area contributed by atoms with Crippen molar-refractivity contribution in [2.24, 2.45) is 0 Å². The number of hydrogen-bond acceptors (Lipinski definition) is 7. The summed E-state index contributed by atoms with van der Waals surface area (Å²) in [6.07, 6.45) is 1.74. The SMILES string of the molecule is COc1cc(/C=C2\SC(=S)N(c3ccc(N(C)C)cc3)C2=O)ccc1OC(C)=O. The fourth-order valence-corrected chi connectivity index (χ4v) is 4.05. The molecule has 1 fully saturated rings. The molecule has 0 radical (unpaired) electrons. The molecule has 0 saturated carbocycles. The molecular weight excluding hydrogens is 408 g/mol. The van der Waals surface area contributed by atoms with E-state index >= 15 is 0 Å². The maximum absolute atomic E-state index is 12.9. The lowest BCUT2D eigenvalue weighted by Gasteiger charge is -2.17. The molecule has 0 aromatic heterocycles. The number of rotatable bonds is 5. The van der Waals surface area contributed by atoms with Crippen LogP contribution >= 0.6 is 24.0 Å². The standard InChI is InChI=1S/C21H20N2O4S2/c1-13(24)27-17-10-5-14(11-18(17)26-4)12-19-20(25)23(21(28)29-19)16-8-6-15(7-9-16)22(2)3/h5-12H,1-4H3/b19-12-. The van der Waals surface area contributed by atoms with Gasteiger partial charge in [-0.05, 0) is 48.0 Å². The Morgan fingerprint density at radius 2 is 1.83 bits per heavy atom. The lowest BCUT2D eigenvalue weighted by molar-refractivity contribution is -0.132. The summed E-state index contributed by atoms with van der Waals surface area (Å²) in [5, 5.41) is 0. The Bertz CT molecular complexity index is 1000. The van der Waals surface area contributed by atoms with Gasteiger partial charge < -0.3 is 14.4 Å². The van der Waals surface area contributed by atoms with Crippen molar-refractivity contribution in [1.82, 2.24) is 0 Å². The number of hydrogen-bond donors (Lipinski definition) is 0. The molecule has 0 atom stereocenters. The highest BCUT2D eigenvalue weighted by molar-refractivity contribution is 8.27. The van der Waals surface area contributed by atoms with Crippen LogP contribution in [0.1, 0.15) is 12.5 Å². The second-order valence-electron chi connectivity index (χ2n) is 6.43. The predicted molar refractivity (Wildman–Crippen MR) is 121 cm³/mol. The summed E-state index contributed by atoms with van der Waals surface area (Å²) >= 11 is 6.67. The monoisotopic (exact) mass is 428 g/mol. The molecule has 1 amide bonds. The first kappa shape index (κ1) is 20.9. The van der Waals surface area contributed by atoms with E-state index in [1.807, 2.05) is 43.3 Å². The van der Waals surface area contributed by atoms with Gasteiger partial charge in [0.05, 0.1) is 17.7 Å². The number of carbonyl (C=O) groups is 2. The third-order valence-electron chi connectivity index (χ3n) is 4.16. The van der Waals surface area contributed by atoms with Gasteiger partial charge in [-0.3, -0.25) is 14.5 Å². The van der Waals surface area contributed by atoms with Gasteiger partial charge in [0.2, 0.25) is 0 Å². The van der Waals surface area contributed by atoms with Crippen LogP contribution in [0.5, 0.6) is 11.5 Å². The minimum absolute atomic E-state index is 0.180. The van der Waals surface area contributed by atoms with E-state index in [0.29, 0.717) is 20.7 Å². The highest BCUT2D eigenvalue weighted by Gasteiger charge is 2.33. The van der Waals surface area contributed by atoms with Gasteiger partial charge in [0.1, 0.15) is 0 Å². The van der Waals surface area contributed by atoms with Crippen molar-refractivity contribution >= 4 is 57.6 Å². The number of amides is 1. The minimum atomic E-state index is -0.433. The second kappa shape index (κ2) is 8.67. The maximum Gasteiger partial charge on any atom is 0.308 e. The van der Waals surface area contributed by atoms with Crippen LogP contribution in [0.2, 0.25) is 0 Å². The minimum Gasteiger partial charge on any atom is -0.493 e. The van der Waals surface area contributed by atoms with E-state index in [1.54, 1.807) is 24.3 Å². The summed E-state index contributed by atoms with van der Waals surface area (Å²) < 4.78 is 10.9. The number of methoxy groups -OCH3 is 1. The lowest BCUT2D eigenvalue weighted by atomic mass is 10.1. The molecule has 0 aliphatic carbocycles. The van der Waals surface area contributed by atoms with Crippen LogP contribution < -0.4 is 19.3 Å². The summed E-state index contributed by atoms with van der Waals surface area (Å²) in [5.74, 6) is 0.118. The second-order valence-corrected chi connectivity index (χ2v) is 8.11. The van der Waals surface area contributed by atoms with Crippen LogP contribution in [-0.2, 0) is 9.59 Å². The topological polar surface area (TPSA) is 59.1 Å². The van der Waals surface area contributed by atoms with Gasteiger partial charge in [-0.15, -0.1) is 0 Å². The van der Waals surface area contributed by atoms with Crippen molar-refractivity contribution in [2.75, 3.05) is 31.0 Å². The number of ether oxygens (including phenoxy) is 2. The van der Waals surface area contributed by atoms with Gasteiger partial charge in [0.25, 0.3) is 5.91 Å². The van der Waals surface area contributed by atoms with Crippen LogP contribution in [0.4, 0.5) is 11.4 Å². The average Bonchev–Trinajstić information content (AvgIpc) is 2.95. The fraction of sp³-hybridized carbons (Fsp3) is 0.190. The van der Waals surface area contributed by atoms with Gasteiger partial charge in [-0.2, -0.15) is 0 Å². The van der Waals surface area contributed by atoms with Crippen molar-refractivity contribution in [3.63, 3.8) is 0 Å². The van der Waals surface area contributed by atoms with Gasteiger partial charge in [-0.25, -0.2) is 0 Å². The molecule has 1 heterocycles. The number of esters is 1. The fourth-order valence-electron chi connectivity index (χ4n) is 2.75. The molecular formula is C21H20N2O4S2. The Morgan fingerprint density at radius 1 is 1.14 bits per heavy atom. The van der Waals surface area contributed by atoms with Crippen LogP contribution in [0, 0.1) is 0 Å². The van der Waals surface area contributed by atoms with E-state index in [0.717, 1.165) is 16.9 Å². The Kier molecular flexibility index (Phi) is 6.24. The number of thiocarbonyl (C=S) groups is 1. The molecule has 0 spiro atoms. The van der Waals surface area contributed by atoms with Crippen molar-refractivity contribution in [1.29, 1.82) is 0 Å². The molecule has 0 N–H and O–H groups in total. The molecule has 2 aromatic carbocycles. The summed E-state index contributed by atoms with van der Waals surface area (Å²) in [5.41, 5.74) is 2.50. The van der Waals surface area contributed by atoms with E-state index in [9.17, 15) is 9.59 Å². The summed E-state index contributed by atoms with van der Waals surface area (Å²) in [6, 6.07) is 12.7. The Balaban J connectivity index is 1.87. The van der Waals surface area contributed by atoms with E-state index < -0.39 is 5.97 Å². The summed E-state index contributed by atoms with van der Waals surface area (Å²) in [7, 11) is 5.40. The van der Waals surface area contributed by atoms with Gasteiger partial charge in [-0.1, -0.05) is 30.0 Å². The summed E-state index contributed by atoms with van der Waals surface area (Å²) in [4.78, 5) is 28.2. The first-order valence-corrected chi connectivity index (χ1v) is 9.94. The van der Waals surface area contributed by atoms with Gasteiger partial charge in [0, 0.05) is 26.7 Å². The molecule has 3 rings (SSSR count). The first-order chi connectivity index (χ1) is 13.8. The van der Waals surface area contributed by atoms with Crippen LogP contribution in [0.25, 0.3) is 6.08 Å². The van der Waals surface area contributed by atoms with Crippen LogP contribution in [0.15, 0.2) is 47.4 Å². The van der Waals surface area contributed by atoms with Crippen molar-refractivity contribution < 1.29 is 19.1 Å². The molecule has 6 nitrogen and oxygen atoms in total. The van der Waals surface area contributed by atoms with E-state index in [-0.39, 0.29) is 5.91 Å². The Morgan fingerprint density at radius 3 is 2.41 bits per heavy atom. The molecule has 1 saturated heterocycles. The first-order valence-electron chi connectivity index (χ1n) is 8.72. The zero-order valence-corrected chi connectivity index (χ0v) is 18.1. The van der Waals surface area contributed by atoms with Crippen molar-refractivity contribution in [3.05, 3.63) is 52.9 Å². The number of nitrogens with zero attached hydrogens (tertiary/aromatic N) is 2. The van der Waals surface area contributed by atoms with Crippen LogP contribution in [0.3, 0.4) is 0 Å². The predicted octanol–water partition coefficient (Wildman–Crippen LogP) is 4.09. The van der Waals surface area contributed by atoms with Gasteiger partial charge in [0.15, 0.2) is 15.8 Å². The number of anilines is 2. The number of benzene rings is 2. The highest BCUT2D eigenvalue weighted by atomic mass is 32.2. The van der Waals surface area contributed by atoms with E-state index in [4.69, 9.17) is 21.7 Å². The largest absolute Gasteiger partial charge is 0.493 e. The van der Waals surface area contributed by atoms with Crippen molar-refractivity contribution in [3.8, 4) is 11.5 Å². The maximum atomic E-state index is 12.9. The molecule has 1 aliphatic rings. The molecule has 0 unspecified atom stereocenters. The molecule has 150 valence electrons. The lowest BCUT2D eigenvalue weighted by Crippen LogP contribution is -2.27. The normalized spacial score (nSPS) is 15.0. The quantitative estimate of drug-likeness (QED) is 0.308. The third-order valence-corrected chi connectivity index (χ3v) is 5.46. The number of thioether (sulfide) groups is 1. The van der Waals surface area contributed by atoms with Crippen LogP contribution in [-0.4, -0.2) is 37.4 Å². The molecule has 29 heavy (non-hydrogen) atoms. The van der Waals surface area contributed by atoms with Gasteiger partial charge >= 0.3 is 5.97 Å². The highest BCUT2D eigenvalue weighted by Crippen LogP contribution is 2.37. The molecule has 1 aliphatic heterocycles. The average molecular weight is 429 g/mol. The zero-order valence-electron chi connectivity index (χ0n) is 16.5. The zero-order chi connectivity index (χ0) is 21.1. The number of carbonyl (C=O) groups excluding carboxylic acids is 2. The molecule has 2 aromatic rings. The smallest absolute Gasteiger partial charge is 0.308 e. The van der Waals surface area contributed by atoms with E-state index in [2.05, 4.69) is 0 Å². The Labute approximate surface area is 179 Å². The van der Waals surface area contributed by atoms with E-state index in [1.165, 1.54) is 30.7 Å². The Hall–Kier alpha value is -2.84.